The molecule has 1 aliphatic rings. The molecular formula is C28H36NPt-3. The number of fused-ring (bicyclic) bond motifs is 8. The van der Waals surface area contributed by atoms with E-state index >= 15 is 0 Å². The maximum Gasteiger partial charge on any atom is 0.0152 e. The average molecular weight is 582 g/mol. The van der Waals surface area contributed by atoms with E-state index in [0.717, 1.165) is 46.5 Å². The van der Waals surface area contributed by atoms with Gasteiger partial charge in [0.2, 0.25) is 0 Å². The number of pyridine rings is 1. The van der Waals surface area contributed by atoms with Gasteiger partial charge in [-0.05, 0) is 12.1 Å². The molecule has 0 aliphatic carbocycles. The topological polar surface area (TPSA) is 12.9 Å². The summed E-state index contributed by atoms with van der Waals surface area (Å²) in [5.74, 6) is 0. The number of hydrogen-bond donors (Lipinski definition) is 0. The molecule has 0 N–H and O–H groups in total. The van der Waals surface area contributed by atoms with Crippen molar-refractivity contribution in [1.82, 2.24) is 4.98 Å². The summed E-state index contributed by atoms with van der Waals surface area (Å²) >= 11 is 0. The van der Waals surface area contributed by atoms with Crippen LogP contribution in [0.2, 0.25) is 0 Å². The molecule has 1 aliphatic heterocycles. The molecule has 2 heteroatoms. The number of benzene rings is 2. The molecule has 4 rings (SSSR count). The molecule has 0 unspecified atom stereocenters. The molecule has 0 fully saturated rings. The molecule has 2 heterocycles. The van der Waals surface area contributed by atoms with Crippen LogP contribution < -0.4 is 0 Å². The minimum Gasteiger partial charge on any atom is -0.342 e. The summed E-state index contributed by atoms with van der Waals surface area (Å²) in [5.41, 5.74) is 8.84. The second kappa shape index (κ2) is 14.9. The van der Waals surface area contributed by atoms with Gasteiger partial charge >= 0.3 is 0 Å². The zero-order valence-corrected chi connectivity index (χ0v) is 21.6. The molecule has 1 aromatic heterocycles. The van der Waals surface area contributed by atoms with Crippen LogP contribution in [0.3, 0.4) is 0 Å². The van der Waals surface area contributed by atoms with Crippen molar-refractivity contribution in [3.8, 4) is 22.5 Å². The molecule has 0 radical (unpaired) electrons. The normalized spacial score (nSPS) is 10.6. The van der Waals surface area contributed by atoms with E-state index < -0.39 is 0 Å². The van der Waals surface area contributed by atoms with E-state index in [0.29, 0.717) is 0 Å². The minimum atomic E-state index is 0. The first-order valence-corrected chi connectivity index (χ1v) is 10.9. The Labute approximate surface area is 199 Å². The van der Waals surface area contributed by atoms with Gasteiger partial charge in [-0.25, -0.2) is 12.8 Å². The summed E-state index contributed by atoms with van der Waals surface area (Å²) in [6.07, 6.45) is 4.14. The van der Waals surface area contributed by atoms with Gasteiger partial charge in [-0.1, -0.05) is 59.7 Å². The van der Waals surface area contributed by atoms with Gasteiger partial charge in [0, 0.05) is 32.5 Å². The summed E-state index contributed by atoms with van der Waals surface area (Å²) in [4.78, 5) is 4.89. The Morgan fingerprint density at radius 3 is 1.40 bits per heavy atom. The Morgan fingerprint density at radius 1 is 0.633 bits per heavy atom. The zero-order chi connectivity index (χ0) is 21.8. The van der Waals surface area contributed by atoms with Crippen molar-refractivity contribution in [2.45, 2.75) is 54.4 Å². The van der Waals surface area contributed by atoms with Gasteiger partial charge in [-0.2, -0.15) is 36.1 Å². The summed E-state index contributed by atoms with van der Waals surface area (Å²) in [7, 11) is 0. The fraction of sp³-hybridized carbons (Fsp3) is 0.286. The summed E-state index contributed by atoms with van der Waals surface area (Å²) < 4.78 is 0. The smallest absolute Gasteiger partial charge is 0.0152 e. The van der Waals surface area contributed by atoms with Crippen molar-refractivity contribution in [1.29, 1.82) is 0 Å². The third-order valence-electron chi connectivity index (χ3n) is 4.58. The first-order chi connectivity index (χ1) is 14.2. The molecule has 166 valence electrons. The van der Waals surface area contributed by atoms with Crippen molar-refractivity contribution in [3.05, 3.63) is 97.1 Å². The number of rotatable bonds is 0. The Balaban J connectivity index is 0.00000111. The van der Waals surface area contributed by atoms with Crippen molar-refractivity contribution in [2.75, 3.05) is 0 Å². The quantitative estimate of drug-likeness (QED) is 0.244. The first kappa shape index (κ1) is 28.0. The van der Waals surface area contributed by atoms with Crippen molar-refractivity contribution in [3.63, 3.8) is 0 Å². The van der Waals surface area contributed by atoms with Crippen LogP contribution in [0.5, 0.6) is 0 Å². The SMILES string of the molecule is CC.CC.CC.[CH2-]c1c2cccc1-c1cccc(n1)-c1cccc(c1[CH2-])C[CH-]C2.[Pt]. The molecule has 1 nitrogen and oxygen atoms in total. The fourth-order valence-electron chi connectivity index (χ4n) is 3.25. The van der Waals surface area contributed by atoms with Gasteiger partial charge in [-0.3, -0.25) is 4.98 Å². The van der Waals surface area contributed by atoms with Gasteiger partial charge in [0.15, 0.2) is 0 Å². The number of hydrogen-bond acceptors (Lipinski definition) is 1. The van der Waals surface area contributed by atoms with Crippen LogP contribution in [0.1, 0.15) is 63.8 Å². The molecular weight excluding hydrogens is 545 g/mol. The molecule has 0 saturated carbocycles. The molecule has 6 bridgehead atoms. The van der Waals surface area contributed by atoms with E-state index in [1.165, 1.54) is 11.1 Å². The number of nitrogens with zero attached hydrogens (tertiary/aromatic N) is 1. The van der Waals surface area contributed by atoms with Gasteiger partial charge in [0.05, 0.1) is 0 Å². The van der Waals surface area contributed by atoms with E-state index in [1.807, 2.05) is 41.5 Å². The number of aromatic nitrogens is 1. The molecule has 2 aromatic carbocycles. The molecule has 0 atom stereocenters. The molecule has 30 heavy (non-hydrogen) atoms. The van der Waals surface area contributed by atoms with Crippen LogP contribution in [0.4, 0.5) is 0 Å². The molecule has 0 amide bonds. The Hall–Kier alpha value is -1.98. The van der Waals surface area contributed by atoms with Crippen LogP contribution in [0, 0.1) is 20.3 Å². The van der Waals surface area contributed by atoms with Gasteiger partial charge in [0.25, 0.3) is 0 Å². The minimum absolute atomic E-state index is 0. The van der Waals surface area contributed by atoms with Crippen LogP contribution in [-0.4, -0.2) is 4.98 Å². The fourth-order valence-corrected chi connectivity index (χ4v) is 3.25. The predicted molar refractivity (Wildman–Crippen MR) is 130 cm³/mol. The maximum atomic E-state index is 4.89. The summed E-state index contributed by atoms with van der Waals surface area (Å²) in [6.45, 7) is 20.6. The van der Waals surface area contributed by atoms with Gasteiger partial charge < -0.3 is 6.42 Å². The van der Waals surface area contributed by atoms with Crippen LogP contribution in [0.25, 0.3) is 22.5 Å². The third kappa shape index (κ3) is 6.51. The zero-order valence-electron chi connectivity index (χ0n) is 19.4. The van der Waals surface area contributed by atoms with E-state index in [9.17, 15) is 0 Å². The van der Waals surface area contributed by atoms with Gasteiger partial charge in [0.1, 0.15) is 0 Å². The molecule has 0 spiro atoms. The van der Waals surface area contributed by atoms with E-state index in [2.05, 4.69) is 74.9 Å². The third-order valence-corrected chi connectivity index (χ3v) is 4.58. The summed E-state index contributed by atoms with van der Waals surface area (Å²) in [5, 5.41) is 0. The average Bonchev–Trinajstić information content (AvgIpc) is 2.80. The first-order valence-electron chi connectivity index (χ1n) is 10.9. The predicted octanol–water partition coefficient (Wildman–Crippen LogP) is 8.16. The standard InChI is InChI=1S/C22H18N.3C2H6.Pt/c1-15-17-7-3-8-18-10-5-12-20(16(18)2)22-14-6-13-21(23-22)19(15)11-4-9-17;3*1-2;/h3-6,9-14H,1-2,7-8H2;3*1-2H3;/q-3;;;;. The van der Waals surface area contributed by atoms with Gasteiger partial charge in [-0.15, -0.1) is 35.4 Å². The largest absolute Gasteiger partial charge is 0.342 e. The van der Waals surface area contributed by atoms with Crippen LogP contribution in [-0.2, 0) is 33.9 Å². The Morgan fingerprint density at radius 2 is 1.00 bits per heavy atom. The molecule has 3 aromatic rings. The van der Waals surface area contributed by atoms with Crippen LogP contribution >= 0.6 is 0 Å². The Bertz CT molecular complexity index is 815. The van der Waals surface area contributed by atoms with E-state index in [1.54, 1.807) is 0 Å². The van der Waals surface area contributed by atoms with Crippen LogP contribution in [0.15, 0.2) is 54.6 Å². The van der Waals surface area contributed by atoms with E-state index in [-0.39, 0.29) is 21.1 Å². The second-order valence-corrected chi connectivity index (χ2v) is 5.99. The Kier molecular flexibility index (Phi) is 13.9. The van der Waals surface area contributed by atoms with Crippen molar-refractivity contribution >= 4 is 0 Å². The summed E-state index contributed by atoms with van der Waals surface area (Å²) in [6, 6.07) is 18.9. The molecule has 0 saturated heterocycles. The van der Waals surface area contributed by atoms with Crippen molar-refractivity contribution in [2.24, 2.45) is 0 Å². The maximum absolute atomic E-state index is 4.89. The second-order valence-electron chi connectivity index (χ2n) is 5.99. The monoisotopic (exact) mass is 581 g/mol. The van der Waals surface area contributed by atoms with Crippen molar-refractivity contribution < 1.29 is 21.1 Å². The van der Waals surface area contributed by atoms with E-state index in [4.69, 9.17) is 4.98 Å².